The SMILES string of the molecule is N[C@@H](CC(=O)N1CCC(O)CC1)C(=O)O. The number of piperidine rings is 1. The van der Waals surface area contributed by atoms with Gasteiger partial charge in [0, 0.05) is 13.1 Å². The molecule has 0 unspecified atom stereocenters. The Morgan fingerprint density at radius 3 is 2.40 bits per heavy atom. The molecular formula is C9H16N2O4. The van der Waals surface area contributed by atoms with Crippen LogP contribution >= 0.6 is 0 Å². The Labute approximate surface area is 87.7 Å². The van der Waals surface area contributed by atoms with Crippen LogP contribution in [0.3, 0.4) is 0 Å². The highest BCUT2D eigenvalue weighted by Crippen LogP contribution is 2.11. The van der Waals surface area contributed by atoms with Crippen molar-refractivity contribution < 1.29 is 19.8 Å². The summed E-state index contributed by atoms with van der Waals surface area (Å²) in [6, 6.07) is -1.13. The molecule has 0 aromatic heterocycles. The number of carbonyl (C=O) groups is 2. The second-order valence-electron chi connectivity index (χ2n) is 3.76. The van der Waals surface area contributed by atoms with Gasteiger partial charge in [0.1, 0.15) is 6.04 Å². The molecule has 0 radical (unpaired) electrons. The Balaban J connectivity index is 2.37. The number of aliphatic hydroxyl groups excluding tert-OH is 1. The molecule has 1 aliphatic rings. The van der Waals surface area contributed by atoms with Gasteiger partial charge in [0.25, 0.3) is 0 Å². The van der Waals surface area contributed by atoms with Crippen molar-refractivity contribution in [3.63, 3.8) is 0 Å². The molecule has 1 rings (SSSR count). The molecule has 0 saturated carbocycles. The molecule has 0 bridgehead atoms. The Bertz CT molecular complexity index is 248. The minimum Gasteiger partial charge on any atom is -0.480 e. The molecule has 6 heteroatoms. The lowest BCUT2D eigenvalue weighted by Crippen LogP contribution is -2.43. The maximum absolute atomic E-state index is 11.5. The fraction of sp³-hybridized carbons (Fsp3) is 0.778. The molecule has 1 saturated heterocycles. The van der Waals surface area contributed by atoms with Gasteiger partial charge in [-0.15, -0.1) is 0 Å². The molecule has 1 amide bonds. The summed E-state index contributed by atoms with van der Waals surface area (Å²) in [6.07, 6.45) is 0.579. The van der Waals surface area contributed by atoms with Gasteiger partial charge in [-0.2, -0.15) is 0 Å². The van der Waals surface area contributed by atoms with Crippen molar-refractivity contribution in [1.29, 1.82) is 0 Å². The van der Waals surface area contributed by atoms with E-state index in [0.29, 0.717) is 25.9 Å². The average molecular weight is 216 g/mol. The molecule has 1 fully saturated rings. The van der Waals surface area contributed by atoms with Gasteiger partial charge in [-0.05, 0) is 12.8 Å². The number of nitrogens with zero attached hydrogens (tertiary/aromatic N) is 1. The number of rotatable bonds is 3. The van der Waals surface area contributed by atoms with Crippen LogP contribution in [0.2, 0.25) is 0 Å². The first-order valence-corrected chi connectivity index (χ1v) is 4.95. The first-order valence-electron chi connectivity index (χ1n) is 4.95. The van der Waals surface area contributed by atoms with E-state index in [1.54, 1.807) is 4.90 Å². The molecule has 15 heavy (non-hydrogen) atoms. The third-order valence-electron chi connectivity index (χ3n) is 2.53. The van der Waals surface area contributed by atoms with E-state index in [2.05, 4.69) is 0 Å². The standard InChI is InChI=1S/C9H16N2O4/c10-7(9(14)15)5-8(13)11-3-1-6(12)2-4-11/h6-7,12H,1-5,10H2,(H,14,15)/t7-/m0/s1. The summed E-state index contributed by atoms with van der Waals surface area (Å²) in [5.74, 6) is -1.42. The first-order chi connectivity index (χ1) is 7.00. The van der Waals surface area contributed by atoms with Crippen molar-refractivity contribution in [2.75, 3.05) is 13.1 Å². The van der Waals surface area contributed by atoms with Gasteiger partial charge in [0.15, 0.2) is 0 Å². The van der Waals surface area contributed by atoms with Crippen LogP contribution in [0.5, 0.6) is 0 Å². The number of aliphatic hydroxyl groups is 1. The summed E-state index contributed by atoms with van der Waals surface area (Å²) in [7, 11) is 0. The number of amides is 1. The van der Waals surface area contributed by atoms with Crippen LogP contribution in [0.25, 0.3) is 0 Å². The number of hydrogen-bond acceptors (Lipinski definition) is 4. The summed E-state index contributed by atoms with van der Waals surface area (Å²) in [5, 5.41) is 17.8. The molecule has 0 aromatic rings. The summed E-state index contributed by atoms with van der Waals surface area (Å²) >= 11 is 0. The van der Waals surface area contributed by atoms with Gasteiger partial charge >= 0.3 is 5.97 Å². The monoisotopic (exact) mass is 216 g/mol. The van der Waals surface area contributed by atoms with E-state index in [1.807, 2.05) is 0 Å². The number of carboxylic acids is 1. The number of hydrogen-bond donors (Lipinski definition) is 3. The predicted molar refractivity (Wildman–Crippen MR) is 52.0 cm³/mol. The maximum atomic E-state index is 11.5. The van der Waals surface area contributed by atoms with E-state index in [0.717, 1.165) is 0 Å². The Morgan fingerprint density at radius 2 is 1.93 bits per heavy atom. The molecule has 0 spiro atoms. The summed E-state index contributed by atoms with van der Waals surface area (Å²) in [5.41, 5.74) is 5.25. The van der Waals surface area contributed by atoms with Crippen LogP contribution in [0.15, 0.2) is 0 Å². The average Bonchev–Trinajstić information content (AvgIpc) is 2.18. The summed E-state index contributed by atoms with van der Waals surface area (Å²) < 4.78 is 0. The van der Waals surface area contributed by atoms with E-state index in [4.69, 9.17) is 10.8 Å². The van der Waals surface area contributed by atoms with Crippen LogP contribution in [0, 0.1) is 0 Å². The van der Waals surface area contributed by atoms with Crippen molar-refractivity contribution >= 4 is 11.9 Å². The molecule has 4 N–H and O–H groups in total. The van der Waals surface area contributed by atoms with Crippen molar-refractivity contribution in [3.8, 4) is 0 Å². The zero-order valence-electron chi connectivity index (χ0n) is 8.43. The fourth-order valence-corrected chi connectivity index (χ4v) is 1.52. The van der Waals surface area contributed by atoms with Gasteiger partial charge in [-0.25, -0.2) is 0 Å². The smallest absolute Gasteiger partial charge is 0.321 e. The van der Waals surface area contributed by atoms with Crippen LogP contribution in [-0.2, 0) is 9.59 Å². The van der Waals surface area contributed by atoms with Crippen LogP contribution in [0.1, 0.15) is 19.3 Å². The third kappa shape index (κ3) is 3.49. The van der Waals surface area contributed by atoms with E-state index >= 15 is 0 Å². The summed E-state index contributed by atoms with van der Waals surface area (Å²) in [4.78, 5) is 23.5. The summed E-state index contributed by atoms with van der Waals surface area (Å²) in [6.45, 7) is 0.957. The molecular weight excluding hydrogens is 200 g/mol. The molecule has 6 nitrogen and oxygen atoms in total. The van der Waals surface area contributed by atoms with E-state index < -0.39 is 12.0 Å². The van der Waals surface area contributed by atoms with Crippen molar-refractivity contribution in [3.05, 3.63) is 0 Å². The van der Waals surface area contributed by atoms with Gasteiger partial charge in [-0.3, -0.25) is 9.59 Å². The van der Waals surface area contributed by atoms with E-state index in [1.165, 1.54) is 0 Å². The van der Waals surface area contributed by atoms with Gasteiger partial charge in [0.2, 0.25) is 5.91 Å². The van der Waals surface area contributed by atoms with E-state index in [9.17, 15) is 14.7 Å². The van der Waals surface area contributed by atoms with Crippen molar-refractivity contribution in [2.45, 2.75) is 31.4 Å². The quantitative estimate of drug-likeness (QED) is 0.548. The van der Waals surface area contributed by atoms with Gasteiger partial charge in [0.05, 0.1) is 12.5 Å². The number of aliphatic carboxylic acids is 1. The Morgan fingerprint density at radius 1 is 1.40 bits per heavy atom. The zero-order valence-corrected chi connectivity index (χ0v) is 8.43. The maximum Gasteiger partial charge on any atom is 0.321 e. The second kappa shape index (κ2) is 5.09. The lowest BCUT2D eigenvalue weighted by molar-refractivity contribution is -0.143. The van der Waals surface area contributed by atoms with Crippen molar-refractivity contribution in [1.82, 2.24) is 4.90 Å². The van der Waals surface area contributed by atoms with Crippen LogP contribution in [0.4, 0.5) is 0 Å². The van der Waals surface area contributed by atoms with Crippen LogP contribution in [-0.4, -0.2) is 52.2 Å². The largest absolute Gasteiger partial charge is 0.480 e. The highest BCUT2D eigenvalue weighted by atomic mass is 16.4. The van der Waals surface area contributed by atoms with Crippen molar-refractivity contribution in [2.24, 2.45) is 5.73 Å². The molecule has 0 aromatic carbocycles. The molecule has 1 atom stereocenters. The van der Waals surface area contributed by atoms with Gasteiger partial charge in [-0.1, -0.05) is 0 Å². The number of likely N-dealkylation sites (tertiary alicyclic amines) is 1. The first kappa shape index (κ1) is 11.9. The van der Waals surface area contributed by atoms with Crippen LogP contribution < -0.4 is 5.73 Å². The predicted octanol–water partition coefficient (Wildman–Crippen LogP) is -1.23. The normalized spacial score (nSPS) is 20.0. The lowest BCUT2D eigenvalue weighted by Gasteiger charge is -2.30. The molecule has 0 aliphatic carbocycles. The highest BCUT2D eigenvalue weighted by Gasteiger charge is 2.24. The third-order valence-corrected chi connectivity index (χ3v) is 2.53. The Kier molecular flexibility index (Phi) is 4.05. The molecule has 86 valence electrons. The highest BCUT2D eigenvalue weighted by molar-refractivity contribution is 5.84. The number of carboxylic acid groups (broad SMARTS) is 1. The second-order valence-corrected chi connectivity index (χ2v) is 3.76. The fourth-order valence-electron chi connectivity index (χ4n) is 1.52. The van der Waals surface area contributed by atoms with Gasteiger partial charge < -0.3 is 20.8 Å². The zero-order chi connectivity index (χ0) is 11.4. The molecule has 1 heterocycles. The Hall–Kier alpha value is -1.14. The number of nitrogens with two attached hydrogens (primary N) is 1. The van der Waals surface area contributed by atoms with E-state index in [-0.39, 0.29) is 18.4 Å². The minimum absolute atomic E-state index is 0.175. The molecule has 1 aliphatic heterocycles. The lowest BCUT2D eigenvalue weighted by atomic mass is 10.1. The minimum atomic E-state index is -1.17. The topological polar surface area (TPSA) is 104 Å². The number of carbonyl (C=O) groups excluding carboxylic acids is 1.